The summed E-state index contributed by atoms with van der Waals surface area (Å²) in [6.45, 7) is 3.35. The molecule has 1 aromatic rings. The SMILES string of the molecule is CCCN(CCOC)C(=O)Nc1ccc(OC(F)(F)F)cc1. The Balaban J connectivity index is 2.62. The van der Waals surface area contributed by atoms with Crippen LogP contribution in [0.15, 0.2) is 24.3 Å². The number of carbonyl (C=O) groups is 1. The van der Waals surface area contributed by atoms with Crippen LogP contribution in [-0.2, 0) is 4.74 Å². The first kappa shape index (κ1) is 18.1. The first-order chi connectivity index (χ1) is 10.4. The Morgan fingerprint density at radius 3 is 2.36 bits per heavy atom. The number of rotatable bonds is 7. The van der Waals surface area contributed by atoms with Gasteiger partial charge in [-0.25, -0.2) is 4.79 Å². The number of halogens is 3. The van der Waals surface area contributed by atoms with Crippen LogP contribution >= 0.6 is 0 Å². The Bertz CT molecular complexity index is 463. The maximum Gasteiger partial charge on any atom is 0.573 e. The number of alkyl halides is 3. The van der Waals surface area contributed by atoms with Crippen LogP contribution in [0.1, 0.15) is 13.3 Å². The Kier molecular flexibility index (Phi) is 6.97. The van der Waals surface area contributed by atoms with E-state index in [1.54, 1.807) is 12.0 Å². The van der Waals surface area contributed by atoms with Gasteiger partial charge in [0.1, 0.15) is 5.75 Å². The van der Waals surface area contributed by atoms with Crippen LogP contribution in [0.5, 0.6) is 5.75 Å². The van der Waals surface area contributed by atoms with Gasteiger partial charge in [0, 0.05) is 25.9 Å². The molecule has 8 heteroatoms. The lowest BCUT2D eigenvalue weighted by Gasteiger charge is -2.22. The van der Waals surface area contributed by atoms with Crippen molar-refractivity contribution in [3.8, 4) is 5.75 Å². The lowest BCUT2D eigenvalue weighted by molar-refractivity contribution is -0.274. The third kappa shape index (κ3) is 6.66. The smallest absolute Gasteiger partial charge is 0.406 e. The van der Waals surface area contributed by atoms with Crippen molar-refractivity contribution in [3.05, 3.63) is 24.3 Å². The van der Waals surface area contributed by atoms with E-state index in [0.29, 0.717) is 25.4 Å². The number of nitrogens with one attached hydrogen (secondary N) is 1. The van der Waals surface area contributed by atoms with Gasteiger partial charge in [0.05, 0.1) is 6.61 Å². The number of hydrogen-bond donors (Lipinski definition) is 1. The van der Waals surface area contributed by atoms with Crippen molar-refractivity contribution in [1.29, 1.82) is 0 Å². The van der Waals surface area contributed by atoms with Gasteiger partial charge in [-0.3, -0.25) is 0 Å². The van der Waals surface area contributed by atoms with E-state index in [2.05, 4.69) is 10.1 Å². The van der Waals surface area contributed by atoms with Gasteiger partial charge in [-0.2, -0.15) is 0 Å². The number of hydrogen-bond acceptors (Lipinski definition) is 3. The second kappa shape index (κ2) is 8.47. The van der Waals surface area contributed by atoms with Crippen LogP contribution in [-0.4, -0.2) is 44.1 Å². The summed E-state index contributed by atoms with van der Waals surface area (Å²) in [7, 11) is 1.54. The predicted octanol–water partition coefficient (Wildman–Crippen LogP) is 3.48. The maximum atomic E-state index is 12.1. The first-order valence-electron chi connectivity index (χ1n) is 6.76. The highest BCUT2D eigenvalue weighted by molar-refractivity contribution is 5.89. The average molecular weight is 320 g/mol. The van der Waals surface area contributed by atoms with E-state index in [-0.39, 0.29) is 11.8 Å². The summed E-state index contributed by atoms with van der Waals surface area (Å²) in [5.74, 6) is -0.338. The number of benzene rings is 1. The van der Waals surface area contributed by atoms with Crippen LogP contribution < -0.4 is 10.1 Å². The number of amides is 2. The van der Waals surface area contributed by atoms with Crippen LogP contribution in [0.3, 0.4) is 0 Å². The summed E-state index contributed by atoms with van der Waals surface area (Å²) in [4.78, 5) is 13.6. The molecule has 0 heterocycles. The van der Waals surface area contributed by atoms with E-state index in [4.69, 9.17) is 4.74 Å². The minimum absolute atomic E-state index is 0.330. The molecule has 0 fully saturated rings. The third-order valence-electron chi connectivity index (χ3n) is 2.69. The van der Waals surface area contributed by atoms with E-state index in [0.717, 1.165) is 18.6 Å². The van der Waals surface area contributed by atoms with Gasteiger partial charge in [0.25, 0.3) is 0 Å². The van der Waals surface area contributed by atoms with Crippen molar-refractivity contribution < 1.29 is 27.4 Å². The normalized spacial score (nSPS) is 11.1. The Labute approximate surface area is 127 Å². The zero-order chi connectivity index (χ0) is 16.6. The Hall–Kier alpha value is -1.96. The topological polar surface area (TPSA) is 50.8 Å². The van der Waals surface area contributed by atoms with E-state index in [1.807, 2.05) is 6.92 Å². The fourth-order valence-corrected chi connectivity index (χ4v) is 1.73. The highest BCUT2D eigenvalue weighted by Crippen LogP contribution is 2.24. The number of anilines is 1. The highest BCUT2D eigenvalue weighted by atomic mass is 19.4. The van der Waals surface area contributed by atoms with Crippen LogP contribution in [0, 0.1) is 0 Å². The molecule has 5 nitrogen and oxygen atoms in total. The van der Waals surface area contributed by atoms with Crippen molar-refractivity contribution >= 4 is 11.7 Å². The minimum atomic E-state index is -4.73. The Morgan fingerprint density at radius 1 is 1.23 bits per heavy atom. The lowest BCUT2D eigenvalue weighted by atomic mass is 10.3. The molecule has 124 valence electrons. The number of carbonyl (C=O) groups excluding carboxylic acids is 1. The second-order valence-corrected chi connectivity index (χ2v) is 4.48. The fraction of sp³-hybridized carbons (Fsp3) is 0.500. The number of nitrogens with zero attached hydrogens (tertiary/aromatic N) is 1. The van der Waals surface area contributed by atoms with Crippen molar-refractivity contribution in [2.45, 2.75) is 19.7 Å². The van der Waals surface area contributed by atoms with Gasteiger partial charge in [-0.05, 0) is 30.7 Å². The average Bonchev–Trinajstić information content (AvgIpc) is 2.44. The molecule has 0 bridgehead atoms. The molecular weight excluding hydrogens is 301 g/mol. The Morgan fingerprint density at radius 2 is 1.86 bits per heavy atom. The molecule has 0 saturated carbocycles. The molecule has 0 aliphatic rings. The van der Waals surface area contributed by atoms with Gasteiger partial charge < -0.3 is 19.7 Å². The molecule has 0 aliphatic heterocycles. The minimum Gasteiger partial charge on any atom is -0.406 e. The quantitative estimate of drug-likeness (QED) is 0.837. The largest absolute Gasteiger partial charge is 0.573 e. The van der Waals surface area contributed by atoms with E-state index in [9.17, 15) is 18.0 Å². The zero-order valence-electron chi connectivity index (χ0n) is 12.4. The monoisotopic (exact) mass is 320 g/mol. The molecule has 0 aromatic heterocycles. The molecular formula is C14H19F3N2O3. The summed E-state index contributed by atoms with van der Waals surface area (Å²) in [6, 6.07) is 4.65. The zero-order valence-corrected chi connectivity index (χ0v) is 12.4. The number of ether oxygens (including phenoxy) is 2. The van der Waals surface area contributed by atoms with Gasteiger partial charge in [-0.15, -0.1) is 13.2 Å². The molecule has 1 N–H and O–H groups in total. The molecule has 2 amide bonds. The van der Waals surface area contributed by atoms with Gasteiger partial charge >= 0.3 is 12.4 Å². The number of methoxy groups -OCH3 is 1. The molecule has 1 rings (SSSR count). The summed E-state index contributed by atoms with van der Waals surface area (Å²) in [5.41, 5.74) is 0.387. The van der Waals surface area contributed by atoms with Crippen LogP contribution in [0.2, 0.25) is 0 Å². The van der Waals surface area contributed by atoms with E-state index in [1.165, 1.54) is 12.1 Å². The molecule has 0 unspecified atom stereocenters. The molecule has 1 aromatic carbocycles. The van der Waals surface area contributed by atoms with Gasteiger partial charge in [-0.1, -0.05) is 6.92 Å². The summed E-state index contributed by atoms with van der Waals surface area (Å²) < 4.78 is 44.8. The van der Waals surface area contributed by atoms with Crippen molar-refractivity contribution in [2.75, 3.05) is 32.1 Å². The van der Waals surface area contributed by atoms with Crippen LogP contribution in [0.4, 0.5) is 23.7 Å². The summed E-state index contributed by atoms with van der Waals surface area (Å²) in [6.07, 6.45) is -3.95. The molecule has 0 saturated heterocycles. The summed E-state index contributed by atoms with van der Waals surface area (Å²) in [5, 5.41) is 2.62. The highest BCUT2D eigenvalue weighted by Gasteiger charge is 2.30. The first-order valence-corrected chi connectivity index (χ1v) is 6.76. The summed E-state index contributed by atoms with van der Waals surface area (Å²) >= 11 is 0. The van der Waals surface area contributed by atoms with E-state index < -0.39 is 6.36 Å². The fourth-order valence-electron chi connectivity index (χ4n) is 1.73. The molecule has 0 spiro atoms. The molecule has 0 atom stereocenters. The predicted molar refractivity (Wildman–Crippen MR) is 75.9 cm³/mol. The molecule has 0 aliphatic carbocycles. The lowest BCUT2D eigenvalue weighted by Crippen LogP contribution is -2.37. The second-order valence-electron chi connectivity index (χ2n) is 4.48. The van der Waals surface area contributed by atoms with Crippen LogP contribution in [0.25, 0.3) is 0 Å². The van der Waals surface area contributed by atoms with Crippen molar-refractivity contribution in [3.63, 3.8) is 0 Å². The standard InChI is InChI=1S/C14H19F3N2O3/c1-3-8-19(9-10-21-2)13(20)18-11-4-6-12(7-5-11)22-14(15,16)17/h4-7H,3,8-10H2,1-2H3,(H,18,20). The third-order valence-corrected chi connectivity index (χ3v) is 2.69. The maximum absolute atomic E-state index is 12.1. The van der Waals surface area contributed by atoms with Crippen molar-refractivity contribution in [1.82, 2.24) is 4.90 Å². The van der Waals surface area contributed by atoms with E-state index >= 15 is 0 Å². The molecule has 22 heavy (non-hydrogen) atoms. The number of urea groups is 1. The van der Waals surface area contributed by atoms with Gasteiger partial charge in [0.2, 0.25) is 0 Å². The van der Waals surface area contributed by atoms with Gasteiger partial charge in [0.15, 0.2) is 0 Å². The molecule has 0 radical (unpaired) electrons. The van der Waals surface area contributed by atoms with Crippen molar-refractivity contribution in [2.24, 2.45) is 0 Å².